The molecule has 1 atom stereocenters. The van der Waals surface area contributed by atoms with Gasteiger partial charge in [-0.2, -0.15) is 0 Å². The van der Waals surface area contributed by atoms with Gasteiger partial charge in [0.1, 0.15) is 6.54 Å². The summed E-state index contributed by atoms with van der Waals surface area (Å²) in [6, 6.07) is 4.92. The van der Waals surface area contributed by atoms with Crippen LogP contribution in [-0.2, 0) is 4.79 Å². The molecule has 22 heavy (non-hydrogen) atoms. The van der Waals surface area contributed by atoms with Crippen LogP contribution in [0.3, 0.4) is 0 Å². The Kier molecular flexibility index (Phi) is 4.01. The zero-order valence-corrected chi connectivity index (χ0v) is 13.5. The van der Waals surface area contributed by atoms with Crippen LogP contribution in [0.4, 0.5) is 0 Å². The predicted octanol–water partition coefficient (Wildman–Crippen LogP) is 0.852. The molecule has 2 heterocycles. The molecule has 6 nitrogen and oxygen atoms in total. The van der Waals surface area contributed by atoms with Gasteiger partial charge in [0.25, 0.3) is 11.8 Å². The maximum atomic E-state index is 12.3. The largest absolute Gasteiger partial charge is 0.341 e. The highest BCUT2D eigenvalue weighted by Crippen LogP contribution is 2.26. The lowest BCUT2D eigenvalue weighted by atomic mass is 10.1. The first-order chi connectivity index (χ1) is 10.5. The van der Waals surface area contributed by atoms with Crippen LogP contribution in [0, 0.1) is 5.92 Å². The van der Waals surface area contributed by atoms with Gasteiger partial charge in [-0.3, -0.25) is 19.3 Å². The van der Waals surface area contributed by atoms with E-state index in [1.807, 2.05) is 0 Å². The maximum Gasteiger partial charge on any atom is 0.262 e. The van der Waals surface area contributed by atoms with Gasteiger partial charge < -0.3 is 10.6 Å². The Morgan fingerprint density at radius 3 is 2.68 bits per heavy atom. The number of carbonyl (C=O) groups excluding carboxylic acids is 3. The number of benzene rings is 1. The Bertz CT molecular complexity index is 661. The molecule has 2 aliphatic rings. The van der Waals surface area contributed by atoms with Crippen molar-refractivity contribution in [3.8, 4) is 0 Å². The van der Waals surface area contributed by atoms with Gasteiger partial charge in [0.2, 0.25) is 5.91 Å². The fourth-order valence-electron chi connectivity index (χ4n) is 2.89. The second-order valence-corrected chi connectivity index (χ2v) is 6.53. The molecular formula is C15H16BrN3O3. The van der Waals surface area contributed by atoms with Crippen molar-refractivity contribution in [2.24, 2.45) is 11.7 Å². The molecular weight excluding hydrogens is 350 g/mol. The van der Waals surface area contributed by atoms with Crippen LogP contribution in [0.1, 0.15) is 27.1 Å². The number of fused-ring (bicyclic) bond motifs is 1. The number of amides is 3. The summed E-state index contributed by atoms with van der Waals surface area (Å²) in [7, 11) is 0. The number of nitrogens with two attached hydrogens (primary N) is 1. The lowest BCUT2D eigenvalue weighted by molar-refractivity contribution is -0.130. The topological polar surface area (TPSA) is 83.7 Å². The van der Waals surface area contributed by atoms with Gasteiger partial charge in [0.15, 0.2) is 0 Å². The summed E-state index contributed by atoms with van der Waals surface area (Å²) in [6.07, 6.45) is 0.872. The van der Waals surface area contributed by atoms with Gasteiger partial charge in [-0.1, -0.05) is 15.9 Å². The van der Waals surface area contributed by atoms with E-state index >= 15 is 0 Å². The van der Waals surface area contributed by atoms with Crippen LogP contribution in [-0.4, -0.2) is 53.7 Å². The number of nitrogens with zero attached hydrogens (tertiary/aromatic N) is 2. The fraction of sp³-hybridized carbons (Fsp3) is 0.400. The van der Waals surface area contributed by atoms with Gasteiger partial charge in [-0.05, 0) is 37.1 Å². The van der Waals surface area contributed by atoms with E-state index in [1.54, 1.807) is 23.1 Å². The van der Waals surface area contributed by atoms with E-state index in [2.05, 4.69) is 15.9 Å². The van der Waals surface area contributed by atoms with Crippen molar-refractivity contribution in [2.75, 3.05) is 26.2 Å². The minimum absolute atomic E-state index is 0.204. The number of likely N-dealkylation sites (tertiary alicyclic amines) is 1. The first kappa shape index (κ1) is 15.2. The molecule has 0 saturated carbocycles. The average molecular weight is 366 g/mol. The average Bonchev–Trinajstić information content (AvgIpc) is 3.07. The molecule has 1 saturated heterocycles. The van der Waals surface area contributed by atoms with Gasteiger partial charge in [-0.15, -0.1) is 0 Å². The van der Waals surface area contributed by atoms with Crippen molar-refractivity contribution in [1.82, 2.24) is 9.80 Å². The molecule has 1 aromatic rings. The summed E-state index contributed by atoms with van der Waals surface area (Å²) in [5, 5.41) is 0. The Morgan fingerprint density at radius 1 is 1.27 bits per heavy atom. The number of halogens is 1. The van der Waals surface area contributed by atoms with E-state index in [-0.39, 0.29) is 12.5 Å². The Balaban J connectivity index is 1.73. The van der Waals surface area contributed by atoms with Gasteiger partial charge in [-0.25, -0.2) is 0 Å². The Labute approximate surface area is 136 Å². The van der Waals surface area contributed by atoms with Crippen molar-refractivity contribution in [1.29, 1.82) is 0 Å². The second-order valence-electron chi connectivity index (χ2n) is 5.62. The molecule has 7 heteroatoms. The van der Waals surface area contributed by atoms with Crippen LogP contribution >= 0.6 is 15.9 Å². The monoisotopic (exact) mass is 365 g/mol. The molecule has 116 valence electrons. The fourth-order valence-corrected chi connectivity index (χ4v) is 3.25. The van der Waals surface area contributed by atoms with E-state index < -0.39 is 11.8 Å². The highest BCUT2D eigenvalue weighted by atomic mass is 79.9. The van der Waals surface area contributed by atoms with Crippen molar-refractivity contribution in [2.45, 2.75) is 6.42 Å². The summed E-state index contributed by atoms with van der Waals surface area (Å²) in [6.45, 7) is 1.57. The number of carbonyl (C=O) groups is 3. The standard InChI is InChI=1S/C15H16BrN3O3/c16-10-1-2-11-12(5-10)15(22)19(14(11)21)8-13(20)18-4-3-9(6-17)7-18/h1-2,5,9H,3-4,6-8,17H2. The summed E-state index contributed by atoms with van der Waals surface area (Å²) < 4.78 is 0.728. The highest BCUT2D eigenvalue weighted by Gasteiger charge is 2.38. The third-order valence-corrected chi connectivity index (χ3v) is 4.69. The minimum Gasteiger partial charge on any atom is -0.341 e. The van der Waals surface area contributed by atoms with Crippen LogP contribution in [0.5, 0.6) is 0 Å². The molecule has 0 spiro atoms. The minimum atomic E-state index is -0.413. The summed E-state index contributed by atoms with van der Waals surface area (Å²) >= 11 is 3.28. The smallest absolute Gasteiger partial charge is 0.262 e. The van der Waals surface area contributed by atoms with Crippen molar-refractivity contribution < 1.29 is 14.4 Å². The van der Waals surface area contributed by atoms with Crippen LogP contribution in [0.2, 0.25) is 0 Å². The van der Waals surface area contributed by atoms with Crippen molar-refractivity contribution >= 4 is 33.7 Å². The second kappa shape index (κ2) is 5.81. The van der Waals surface area contributed by atoms with Crippen LogP contribution in [0.25, 0.3) is 0 Å². The molecule has 3 rings (SSSR count). The lowest BCUT2D eigenvalue weighted by Gasteiger charge is -2.20. The molecule has 3 amide bonds. The predicted molar refractivity (Wildman–Crippen MR) is 83.3 cm³/mol. The summed E-state index contributed by atoms with van der Waals surface area (Å²) in [4.78, 5) is 39.6. The molecule has 2 N–H and O–H groups in total. The normalized spacial score (nSPS) is 20.7. The third kappa shape index (κ3) is 2.55. The van der Waals surface area contributed by atoms with Crippen molar-refractivity contribution in [3.63, 3.8) is 0 Å². The molecule has 2 aliphatic heterocycles. The number of imide groups is 1. The first-order valence-electron chi connectivity index (χ1n) is 7.15. The zero-order chi connectivity index (χ0) is 15.9. The molecule has 1 aromatic carbocycles. The SMILES string of the molecule is NCC1CCN(C(=O)CN2C(=O)c3ccc(Br)cc3C2=O)C1. The number of hydrogen-bond acceptors (Lipinski definition) is 4. The highest BCUT2D eigenvalue weighted by molar-refractivity contribution is 9.10. The molecule has 0 radical (unpaired) electrons. The molecule has 1 unspecified atom stereocenters. The number of hydrogen-bond donors (Lipinski definition) is 1. The maximum absolute atomic E-state index is 12.3. The quantitative estimate of drug-likeness (QED) is 0.804. The lowest BCUT2D eigenvalue weighted by Crippen LogP contribution is -2.42. The van der Waals surface area contributed by atoms with E-state index in [0.29, 0.717) is 36.7 Å². The van der Waals surface area contributed by atoms with Crippen LogP contribution < -0.4 is 5.73 Å². The van der Waals surface area contributed by atoms with E-state index in [0.717, 1.165) is 15.8 Å². The first-order valence-corrected chi connectivity index (χ1v) is 7.94. The molecule has 0 aromatic heterocycles. The van der Waals surface area contributed by atoms with Crippen molar-refractivity contribution in [3.05, 3.63) is 33.8 Å². The third-order valence-electron chi connectivity index (χ3n) is 4.20. The van der Waals surface area contributed by atoms with E-state index in [9.17, 15) is 14.4 Å². The Morgan fingerprint density at radius 2 is 2.00 bits per heavy atom. The van der Waals surface area contributed by atoms with Gasteiger partial charge >= 0.3 is 0 Å². The van der Waals surface area contributed by atoms with E-state index in [4.69, 9.17) is 5.73 Å². The number of rotatable bonds is 3. The van der Waals surface area contributed by atoms with E-state index in [1.165, 1.54) is 0 Å². The molecule has 1 fully saturated rings. The molecule has 0 bridgehead atoms. The zero-order valence-electron chi connectivity index (χ0n) is 11.9. The van der Waals surface area contributed by atoms with Gasteiger partial charge in [0.05, 0.1) is 11.1 Å². The Hall–Kier alpha value is -1.73. The molecule has 0 aliphatic carbocycles. The van der Waals surface area contributed by atoms with Crippen LogP contribution in [0.15, 0.2) is 22.7 Å². The summed E-state index contributed by atoms with van der Waals surface area (Å²) in [5.41, 5.74) is 6.30. The summed E-state index contributed by atoms with van der Waals surface area (Å²) in [5.74, 6) is -0.716. The van der Waals surface area contributed by atoms with Gasteiger partial charge in [0, 0.05) is 17.6 Å².